The van der Waals surface area contributed by atoms with Crippen LogP contribution in [0.4, 0.5) is 0 Å². The fraction of sp³-hybridized carbons (Fsp3) is 0.318. The Morgan fingerprint density at radius 3 is 2.55 bits per heavy atom. The second kappa shape index (κ2) is 9.34. The maximum atomic E-state index is 12.5. The van der Waals surface area contributed by atoms with Crippen molar-refractivity contribution in [3.63, 3.8) is 0 Å². The molecule has 3 aromatic rings. The number of para-hydroxylation sites is 1. The molecule has 0 aliphatic carbocycles. The highest BCUT2D eigenvalue weighted by atomic mass is 16.5. The summed E-state index contributed by atoms with van der Waals surface area (Å²) in [5, 5.41) is 0.590. The summed E-state index contributed by atoms with van der Waals surface area (Å²) in [6.45, 7) is 4.45. The predicted molar refractivity (Wildman–Crippen MR) is 111 cm³/mol. The van der Waals surface area contributed by atoms with Gasteiger partial charge in [0, 0.05) is 6.42 Å². The van der Waals surface area contributed by atoms with Gasteiger partial charge in [-0.3, -0.25) is 14.2 Å². The van der Waals surface area contributed by atoms with Gasteiger partial charge in [-0.25, -0.2) is 4.98 Å². The number of nitrogens with zero attached hydrogens (tertiary/aromatic N) is 2. The van der Waals surface area contributed by atoms with E-state index in [1.165, 1.54) is 10.9 Å². The Bertz CT molecular complexity index is 1030. The van der Waals surface area contributed by atoms with Crippen molar-refractivity contribution in [2.45, 2.75) is 39.0 Å². The van der Waals surface area contributed by atoms with Gasteiger partial charge in [0.2, 0.25) is 5.91 Å². The van der Waals surface area contributed by atoms with E-state index >= 15 is 0 Å². The van der Waals surface area contributed by atoms with E-state index in [0.717, 1.165) is 5.56 Å². The van der Waals surface area contributed by atoms with Crippen LogP contribution in [0.25, 0.3) is 10.9 Å². The van der Waals surface area contributed by atoms with E-state index in [1.54, 1.807) is 6.07 Å². The Morgan fingerprint density at radius 1 is 1.14 bits per heavy atom. The summed E-state index contributed by atoms with van der Waals surface area (Å²) in [4.78, 5) is 28.3. The average molecular weight is 395 g/mol. The number of aromatic nitrogens is 2. The van der Waals surface area contributed by atoms with Gasteiger partial charge in [-0.05, 0) is 43.7 Å². The standard InChI is InChI=1S/C22H25N3O4/c1-15(2)29-20(21(23)26)13-16-7-9-17(10-8-16)28-12-11-25-14-24-19-6-4-3-5-18(19)22(25)27/h3-10,14-15,20H,11-13H2,1-2H3,(H2,23,26). The molecule has 7 heteroatoms. The van der Waals surface area contributed by atoms with Crippen molar-refractivity contribution >= 4 is 16.8 Å². The van der Waals surface area contributed by atoms with Crippen molar-refractivity contribution < 1.29 is 14.3 Å². The summed E-state index contributed by atoms with van der Waals surface area (Å²) in [5.74, 6) is 0.199. The molecule has 152 valence electrons. The zero-order valence-corrected chi connectivity index (χ0v) is 16.6. The van der Waals surface area contributed by atoms with Crippen LogP contribution in [-0.2, 0) is 22.5 Å². The number of nitrogens with two attached hydrogens (primary N) is 1. The van der Waals surface area contributed by atoms with Crippen molar-refractivity contribution in [2.75, 3.05) is 6.61 Å². The van der Waals surface area contributed by atoms with Gasteiger partial charge >= 0.3 is 0 Å². The maximum Gasteiger partial charge on any atom is 0.261 e. The van der Waals surface area contributed by atoms with Gasteiger partial charge < -0.3 is 15.2 Å². The highest BCUT2D eigenvalue weighted by Gasteiger charge is 2.18. The van der Waals surface area contributed by atoms with Crippen LogP contribution >= 0.6 is 0 Å². The summed E-state index contributed by atoms with van der Waals surface area (Å²) in [5.41, 5.74) is 6.93. The van der Waals surface area contributed by atoms with Crippen LogP contribution in [0.15, 0.2) is 59.7 Å². The zero-order chi connectivity index (χ0) is 20.8. The Kier molecular flexibility index (Phi) is 6.61. The maximum absolute atomic E-state index is 12.5. The smallest absolute Gasteiger partial charge is 0.261 e. The number of carbonyl (C=O) groups is 1. The number of carbonyl (C=O) groups excluding carboxylic acids is 1. The third-order valence-corrected chi connectivity index (χ3v) is 4.43. The van der Waals surface area contributed by atoms with Gasteiger partial charge in [0.1, 0.15) is 18.5 Å². The van der Waals surface area contributed by atoms with E-state index in [2.05, 4.69) is 4.98 Å². The van der Waals surface area contributed by atoms with E-state index in [0.29, 0.717) is 36.2 Å². The molecule has 29 heavy (non-hydrogen) atoms. The number of hydrogen-bond acceptors (Lipinski definition) is 5. The Hall–Kier alpha value is -3.19. The van der Waals surface area contributed by atoms with Gasteiger partial charge in [0.25, 0.3) is 5.56 Å². The molecule has 1 heterocycles. The number of fused-ring (bicyclic) bond motifs is 1. The van der Waals surface area contributed by atoms with Crippen LogP contribution < -0.4 is 16.0 Å². The molecule has 1 amide bonds. The molecular weight excluding hydrogens is 370 g/mol. The monoisotopic (exact) mass is 395 g/mol. The lowest BCUT2D eigenvalue weighted by Gasteiger charge is -2.17. The fourth-order valence-corrected chi connectivity index (χ4v) is 3.01. The van der Waals surface area contributed by atoms with Crippen LogP contribution in [0.2, 0.25) is 0 Å². The van der Waals surface area contributed by atoms with Crippen LogP contribution in [0.3, 0.4) is 0 Å². The molecule has 1 unspecified atom stereocenters. The van der Waals surface area contributed by atoms with E-state index in [4.69, 9.17) is 15.2 Å². The van der Waals surface area contributed by atoms with Crippen LogP contribution in [0.5, 0.6) is 5.75 Å². The first kappa shape index (κ1) is 20.5. The minimum Gasteiger partial charge on any atom is -0.492 e. The molecule has 0 bridgehead atoms. The van der Waals surface area contributed by atoms with Crippen LogP contribution in [0, 0.1) is 0 Å². The van der Waals surface area contributed by atoms with Gasteiger partial charge in [0.15, 0.2) is 0 Å². The molecule has 7 nitrogen and oxygen atoms in total. The van der Waals surface area contributed by atoms with E-state index < -0.39 is 12.0 Å². The highest BCUT2D eigenvalue weighted by Crippen LogP contribution is 2.15. The van der Waals surface area contributed by atoms with E-state index in [9.17, 15) is 9.59 Å². The SMILES string of the molecule is CC(C)OC(Cc1ccc(OCCn2cnc3ccccc3c2=O)cc1)C(N)=O. The summed E-state index contributed by atoms with van der Waals surface area (Å²) < 4.78 is 12.8. The Morgan fingerprint density at radius 2 is 1.86 bits per heavy atom. The van der Waals surface area contributed by atoms with Gasteiger partial charge in [0.05, 0.1) is 29.9 Å². The Labute approximate surface area is 169 Å². The van der Waals surface area contributed by atoms with Gasteiger partial charge in [-0.15, -0.1) is 0 Å². The van der Waals surface area contributed by atoms with Crippen molar-refractivity contribution in [2.24, 2.45) is 5.73 Å². The lowest BCUT2D eigenvalue weighted by Crippen LogP contribution is -2.35. The zero-order valence-electron chi connectivity index (χ0n) is 16.6. The second-order valence-corrected chi connectivity index (χ2v) is 7.03. The molecule has 2 aromatic carbocycles. The molecule has 3 rings (SSSR count). The molecule has 0 spiro atoms. The first-order valence-electron chi connectivity index (χ1n) is 9.54. The topological polar surface area (TPSA) is 96.4 Å². The first-order chi connectivity index (χ1) is 13.9. The van der Waals surface area contributed by atoms with E-state index in [-0.39, 0.29) is 11.7 Å². The number of ether oxygens (including phenoxy) is 2. The van der Waals surface area contributed by atoms with Crippen LogP contribution in [0.1, 0.15) is 19.4 Å². The number of primary amides is 1. The van der Waals surface area contributed by atoms with Crippen molar-refractivity contribution in [3.8, 4) is 5.75 Å². The molecule has 0 aliphatic rings. The minimum absolute atomic E-state index is 0.0805. The summed E-state index contributed by atoms with van der Waals surface area (Å²) in [6, 6.07) is 14.7. The number of hydrogen-bond donors (Lipinski definition) is 1. The van der Waals surface area contributed by atoms with Gasteiger partial charge in [-0.2, -0.15) is 0 Å². The highest BCUT2D eigenvalue weighted by molar-refractivity contribution is 5.79. The first-order valence-corrected chi connectivity index (χ1v) is 9.54. The Balaban J connectivity index is 1.57. The van der Waals surface area contributed by atoms with Gasteiger partial charge in [-0.1, -0.05) is 24.3 Å². The van der Waals surface area contributed by atoms with Crippen molar-refractivity contribution in [3.05, 3.63) is 70.8 Å². The van der Waals surface area contributed by atoms with Crippen LogP contribution in [-0.4, -0.2) is 34.3 Å². The average Bonchev–Trinajstić information content (AvgIpc) is 2.70. The van der Waals surface area contributed by atoms with Crippen molar-refractivity contribution in [1.29, 1.82) is 0 Å². The summed E-state index contributed by atoms with van der Waals surface area (Å²) in [6.07, 6.45) is 1.21. The van der Waals surface area contributed by atoms with Crippen molar-refractivity contribution in [1.82, 2.24) is 9.55 Å². The summed E-state index contributed by atoms with van der Waals surface area (Å²) in [7, 11) is 0. The quantitative estimate of drug-likeness (QED) is 0.600. The molecule has 2 N–H and O–H groups in total. The fourth-order valence-electron chi connectivity index (χ4n) is 3.01. The third-order valence-electron chi connectivity index (χ3n) is 4.43. The number of amides is 1. The molecule has 0 fully saturated rings. The minimum atomic E-state index is -0.658. The third kappa shape index (κ3) is 5.42. The number of rotatable bonds is 9. The molecule has 0 radical (unpaired) electrons. The largest absolute Gasteiger partial charge is 0.492 e. The molecule has 0 aliphatic heterocycles. The predicted octanol–water partition coefficient (Wildman–Crippen LogP) is 2.30. The normalized spacial score (nSPS) is 12.2. The second-order valence-electron chi connectivity index (χ2n) is 7.03. The molecule has 1 atom stereocenters. The molecular formula is C22H25N3O4. The molecule has 0 saturated carbocycles. The lowest BCUT2D eigenvalue weighted by molar-refractivity contribution is -0.132. The summed E-state index contributed by atoms with van der Waals surface area (Å²) >= 11 is 0. The lowest BCUT2D eigenvalue weighted by atomic mass is 10.1. The molecule has 0 saturated heterocycles. The van der Waals surface area contributed by atoms with E-state index in [1.807, 2.05) is 56.3 Å². The molecule has 1 aromatic heterocycles. The number of benzene rings is 2.